The van der Waals surface area contributed by atoms with E-state index in [4.69, 9.17) is 16.3 Å². The van der Waals surface area contributed by atoms with E-state index < -0.39 is 30.2 Å². The van der Waals surface area contributed by atoms with Gasteiger partial charge in [0.1, 0.15) is 23.2 Å². The SMILES string of the molecule is CN1CC2CC1CN2CCCCNC(=O)Nc1snc(OCc2cc(F)c(Cl)cc2F)c1C(=O)O. The maximum absolute atomic E-state index is 14.0. The van der Waals surface area contributed by atoms with Gasteiger partial charge in [0.25, 0.3) is 0 Å². The van der Waals surface area contributed by atoms with Gasteiger partial charge in [-0.3, -0.25) is 10.2 Å². The number of anilines is 1. The van der Waals surface area contributed by atoms with E-state index in [1.54, 1.807) is 0 Å². The van der Waals surface area contributed by atoms with Gasteiger partial charge in [0.2, 0.25) is 5.88 Å². The van der Waals surface area contributed by atoms with Crippen molar-refractivity contribution in [3.05, 3.63) is 39.9 Å². The molecule has 3 heterocycles. The second kappa shape index (κ2) is 11.0. The van der Waals surface area contributed by atoms with Crippen LogP contribution >= 0.6 is 23.1 Å². The highest BCUT2D eigenvalue weighted by atomic mass is 35.5. The Morgan fingerprint density at radius 1 is 1.26 bits per heavy atom. The topological polar surface area (TPSA) is 107 Å². The molecule has 2 saturated heterocycles. The summed E-state index contributed by atoms with van der Waals surface area (Å²) in [6.45, 7) is 3.19. The molecule has 190 valence electrons. The van der Waals surface area contributed by atoms with Crippen molar-refractivity contribution in [2.75, 3.05) is 38.5 Å². The van der Waals surface area contributed by atoms with E-state index in [2.05, 4.69) is 31.9 Å². The van der Waals surface area contributed by atoms with Crippen molar-refractivity contribution < 1.29 is 28.2 Å². The third-order valence-corrected chi connectivity index (χ3v) is 7.38. The van der Waals surface area contributed by atoms with E-state index in [-0.39, 0.29) is 27.0 Å². The number of hydrogen-bond donors (Lipinski definition) is 3. The minimum atomic E-state index is -1.38. The number of likely N-dealkylation sites (tertiary alicyclic amines) is 2. The molecule has 0 saturated carbocycles. The van der Waals surface area contributed by atoms with Gasteiger partial charge in [0.05, 0.1) is 5.02 Å². The monoisotopic (exact) mass is 529 g/mol. The largest absolute Gasteiger partial charge is 0.477 e. The number of benzene rings is 1. The lowest BCUT2D eigenvalue weighted by molar-refractivity contribution is 0.0693. The Morgan fingerprint density at radius 2 is 2.06 bits per heavy atom. The number of aromatic nitrogens is 1. The molecule has 2 aliphatic rings. The van der Waals surface area contributed by atoms with Crippen LogP contribution in [0, 0.1) is 11.6 Å². The predicted molar refractivity (Wildman–Crippen MR) is 127 cm³/mol. The van der Waals surface area contributed by atoms with Crippen molar-refractivity contribution in [1.82, 2.24) is 19.5 Å². The van der Waals surface area contributed by atoms with Crippen molar-refractivity contribution in [2.45, 2.75) is 38.0 Å². The van der Waals surface area contributed by atoms with Gasteiger partial charge in [0.15, 0.2) is 5.56 Å². The quantitative estimate of drug-likeness (QED) is 0.318. The molecule has 0 spiro atoms. The van der Waals surface area contributed by atoms with Gasteiger partial charge < -0.3 is 20.1 Å². The number of nitrogens with one attached hydrogen (secondary N) is 2. The zero-order valence-electron chi connectivity index (χ0n) is 19.0. The first-order chi connectivity index (χ1) is 16.7. The average Bonchev–Trinajstić information content (AvgIpc) is 3.49. The van der Waals surface area contributed by atoms with Crippen LogP contribution in [0.25, 0.3) is 0 Å². The molecule has 13 heteroatoms. The van der Waals surface area contributed by atoms with Gasteiger partial charge in [-0.2, -0.15) is 4.37 Å². The number of carbonyl (C=O) groups is 2. The van der Waals surface area contributed by atoms with Crippen molar-refractivity contribution in [2.24, 2.45) is 0 Å². The molecule has 9 nitrogen and oxygen atoms in total. The van der Waals surface area contributed by atoms with Gasteiger partial charge in [-0.05, 0) is 56.5 Å². The summed E-state index contributed by atoms with van der Waals surface area (Å²) in [5.41, 5.74) is -0.522. The zero-order valence-corrected chi connectivity index (χ0v) is 20.6. The van der Waals surface area contributed by atoms with Crippen LogP contribution in [0.3, 0.4) is 0 Å². The van der Waals surface area contributed by atoms with Crippen LogP contribution in [-0.4, -0.2) is 76.6 Å². The number of amides is 2. The average molecular weight is 530 g/mol. The van der Waals surface area contributed by atoms with E-state index in [9.17, 15) is 23.5 Å². The summed E-state index contributed by atoms with van der Waals surface area (Å²) >= 11 is 6.25. The summed E-state index contributed by atoms with van der Waals surface area (Å²) in [6, 6.07) is 2.40. The van der Waals surface area contributed by atoms with E-state index in [0.717, 1.165) is 56.1 Å². The summed E-state index contributed by atoms with van der Waals surface area (Å²) < 4.78 is 36.7. The van der Waals surface area contributed by atoms with E-state index in [1.165, 1.54) is 6.42 Å². The molecule has 35 heavy (non-hydrogen) atoms. The van der Waals surface area contributed by atoms with E-state index in [1.807, 2.05) is 0 Å². The Kier molecular flexibility index (Phi) is 8.05. The van der Waals surface area contributed by atoms with Gasteiger partial charge in [-0.25, -0.2) is 18.4 Å². The van der Waals surface area contributed by atoms with Crippen molar-refractivity contribution >= 4 is 40.1 Å². The van der Waals surface area contributed by atoms with E-state index in [0.29, 0.717) is 18.6 Å². The molecule has 2 aromatic rings. The molecule has 0 aliphatic carbocycles. The third kappa shape index (κ3) is 6.00. The molecule has 4 rings (SSSR count). The lowest BCUT2D eigenvalue weighted by Crippen LogP contribution is -2.44. The minimum Gasteiger partial charge on any atom is -0.477 e. The second-order valence-corrected chi connectivity index (χ2v) is 9.89. The molecule has 2 fully saturated rings. The maximum atomic E-state index is 14.0. The molecule has 3 N–H and O–H groups in total. The van der Waals surface area contributed by atoms with Gasteiger partial charge in [0, 0.05) is 37.3 Å². The highest BCUT2D eigenvalue weighted by molar-refractivity contribution is 7.11. The first-order valence-corrected chi connectivity index (χ1v) is 12.4. The standard InChI is InChI=1S/C22H26ClF2N5O4S/c1-29-9-14-7-13(29)10-30(14)5-3-2-4-26-22(33)27-20-18(21(31)32)19(28-35-20)34-11-12-6-17(25)15(23)8-16(12)24/h6,8,13-14H,2-5,7,9-11H2,1H3,(H,31,32)(H2,26,27,33). The smallest absolute Gasteiger partial charge is 0.344 e. The number of piperazine rings is 1. The number of rotatable bonds is 10. The normalized spacial score (nSPS) is 19.8. The Balaban J connectivity index is 1.24. The number of urea groups is 1. The van der Waals surface area contributed by atoms with Crippen LogP contribution in [0.15, 0.2) is 12.1 Å². The van der Waals surface area contributed by atoms with Crippen molar-refractivity contribution in [3.8, 4) is 5.88 Å². The number of fused-ring (bicyclic) bond motifs is 2. The fourth-order valence-electron chi connectivity index (χ4n) is 4.48. The Morgan fingerprint density at radius 3 is 2.74 bits per heavy atom. The van der Waals surface area contributed by atoms with Crippen LogP contribution in [0.1, 0.15) is 35.2 Å². The lowest BCUT2D eigenvalue weighted by atomic mass is 10.2. The van der Waals surface area contributed by atoms with Crippen LogP contribution < -0.4 is 15.4 Å². The first-order valence-electron chi connectivity index (χ1n) is 11.2. The van der Waals surface area contributed by atoms with Crippen molar-refractivity contribution in [3.63, 3.8) is 0 Å². The van der Waals surface area contributed by atoms with E-state index >= 15 is 0 Å². The van der Waals surface area contributed by atoms with Gasteiger partial charge in [-0.1, -0.05) is 11.6 Å². The molecule has 1 aromatic heterocycles. The zero-order chi connectivity index (χ0) is 25.1. The number of nitrogens with zero attached hydrogens (tertiary/aromatic N) is 3. The van der Waals surface area contributed by atoms with Gasteiger partial charge in [-0.15, -0.1) is 0 Å². The number of hydrogen-bond acceptors (Lipinski definition) is 7. The first kappa shape index (κ1) is 25.5. The molecular weight excluding hydrogens is 504 g/mol. The molecule has 2 unspecified atom stereocenters. The molecular formula is C22H26ClF2N5O4S. The lowest BCUT2D eigenvalue weighted by Gasteiger charge is -2.31. The second-order valence-electron chi connectivity index (χ2n) is 8.71. The number of carboxylic acid groups (broad SMARTS) is 1. The molecule has 2 amide bonds. The third-order valence-electron chi connectivity index (χ3n) is 6.34. The van der Waals surface area contributed by atoms with Gasteiger partial charge >= 0.3 is 12.0 Å². The summed E-state index contributed by atoms with van der Waals surface area (Å²) in [6.07, 6.45) is 2.98. The fraction of sp³-hybridized carbons (Fsp3) is 0.500. The Hall–Kier alpha value is -2.54. The number of likely N-dealkylation sites (N-methyl/N-ethyl adjacent to an activating group) is 1. The minimum absolute atomic E-state index is 0.0232. The summed E-state index contributed by atoms with van der Waals surface area (Å²) in [4.78, 5) is 28.9. The predicted octanol–water partition coefficient (Wildman–Crippen LogP) is 3.64. The number of carbonyl (C=O) groups excluding carboxylic acids is 1. The number of carboxylic acids is 1. The summed E-state index contributed by atoms with van der Waals surface area (Å²) in [7, 11) is 2.17. The fourth-order valence-corrected chi connectivity index (χ4v) is 5.35. The number of halogens is 3. The highest BCUT2D eigenvalue weighted by Crippen LogP contribution is 2.32. The maximum Gasteiger partial charge on any atom is 0.344 e. The number of aromatic carboxylic acids is 1. The molecule has 2 bridgehead atoms. The number of unbranched alkanes of at least 4 members (excludes halogenated alkanes) is 1. The van der Waals surface area contributed by atoms with Crippen LogP contribution in [-0.2, 0) is 6.61 Å². The van der Waals surface area contributed by atoms with Crippen LogP contribution in [0.4, 0.5) is 18.6 Å². The highest BCUT2D eigenvalue weighted by Gasteiger charge is 2.40. The number of ether oxygens (including phenoxy) is 1. The molecule has 2 aliphatic heterocycles. The Bertz CT molecular complexity index is 1100. The van der Waals surface area contributed by atoms with Crippen molar-refractivity contribution in [1.29, 1.82) is 0 Å². The summed E-state index contributed by atoms with van der Waals surface area (Å²) in [5, 5.41) is 14.3. The van der Waals surface area contributed by atoms with Crippen LogP contribution in [0.2, 0.25) is 5.02 Å². The molecule has 1 aromatic carbocycles. The molecule has 2 atom stereocenters. The van der Waals surface area contributed by atoms with Crippen LogP contribution in [0.5, 0.6) is 5.88 Å². The summed E-state index contributed by atoms with van der Waals surface area (Å²) in [5.74, 6) is -3.32. The molecule has 0 radical (unpaired) electrons. The Labute approximate surface area is 210 Å².